The predicted octanol–water partition coefficient (Wildman–Crippen LogP) is 5.26. The first-order chi connectivity index (χ1) is 13.1. The summed E-state index contributed by atoms with van der Waals surface area (Å²) in [5.41, 5.74) is 6.95. The van der Waals surface area contributed by atoms with Gasteiger partial charge in [-0.15, -0.1) is 0 Å². The average Bonchev–Trinajstić information content (AvgIpc) is 2.71. The smallest absolute Gasteiger partial charge is 0.181 e. The third-order valence-corrected chi connectivity index (χ3v) is 4.67. The topological polar surface area (TPSA) is 61.0 Å². The van der Waals surface area contributed by atoms with E-state index in [1.54, 1.807) is 36.5 Å². The molecule has 27 heavy (non-hydrogen) atoms. The molecule has 0 aliphatic carbocycles. The van der Waals surface area contributed by atoms with Crippen LogP contribution in [0.5, 0.6) is 11.5 Å². The van der Waals surface area contributed by atoms with Gasteiger partial charge in [-0.2, -0.15) is 0 Å². The van der Waals surface area contributed by atoms with Crippen molar-refractivity contribution in [3.63, 3.8) is 0 Å². The Morgan fingerprint density at radius 3 is 2.63 bits per heavy atom. The number of halogens is 2. The summed E-state index contributed by atoms with van der Waals surface area (Å²) in [5, 5.41) is 0.233. The molecule has 2 N–H and O–H groups in total. The maximum atomic E-state index is 15.2. The molecule has 0 saturated heterocycles. The highest BCUT2D eigenvalue weighted by Gasteiger charge is 2.22. The second-order valence-electron chi connectivity index (χ2n) is 6.17. The van der Waals surface area contributed by atoms with Crippen LogP contribution in [-0.2, 0) is 13.0 Å². The van der Waals surface area contributed by atoms with Crippen molar-refractivity contribution in [2.24, 2.45) is 5.73 Å². The summed E-state index contributed by atoms with van der Waals surface area (Å²) in [5.74, 6) is 0.657. The molecule has 0 fully saturated rings. The molecular formula is C21H21ClFN3O. The Labute approximate surface area is 163 Å². The van der Waals surface area contributed by atoms with E-state index >= 15 is 4.39 Å². The minimum absolute atomic E-state index is 0.0374. The third kappa shape index (κ3) is 4.62. The molecule has 0 unspecified atom stereocenters. The van der Waals surface area contributed by atoms with Crippen molar-refractivity contribution in [2.45, 2.75) is 32.2 Å². The van der Waals surface area contributed by atoms with Crippen LogP contribution in [0.3, 0.4) is 0 Å². The van der Waals surface area contributed by atoms with Crippen molar-refractivity contribution in [1.29, 1.82) is 0 Å². The molecule has 0 saturated carbocycles. The molecular weight excluding hydrogens is 365 g/mol. The number of hydrogen-bond donors (Lipinski definition) is 1. The second-order valence-corrected chi connectivity index (χ2v) is 6.58. The number of rotatable bonds is 7. The summed E-state index contributed by atoms with van der Waals surface area (Å²) in [6, 6.07) is 14.2. The van der Waals surface area contributed by atoms with E-state index in [1.807, 2.05) is 25.1 Å². The number of benzene rings is 2. The normalized spacial score (nSPS) is 12.0. The first-order valence-corrected chi connectivity index (χ1v) is 9.21. The van der Waals surface area contributed by atoms with E-state index in [0.29, 0.717) is 30.1 Å². The first-order valence-electron chi connectivity index (χ1n) is 8.84. The number of hydrogen-bond acceptors (Lipinski definition) is 4. The van der Waals surface area contributed by atoms with E-state index in [0.717, 1.165) is 12.1 Å². The second kappa shape index (κ2) is 8.93. The Kier molecular flexibility index (Phi) is 6.37. The van der Waals surface area contributed by atoms with Crippen molar-refractivity contribution in [3.05, 3.63) is 82.6 Å². The zero-order valence-corrected chi connectivity index (χ0v) is 15.8. The molecule has 0 aliphatic rings. The van der Waals surface area contributed by atoms with Gasteiger partial charge in [0, 0.05) is 19.2 Å². The van der Waals surface area contributed by atoms with E-state index in [9.17, 15) is 0 Å². The molecule has 0 spiro atoms. The Hall–Kier alpha value is -2.50. The van der Waals surface area contributed by atoms with Crippen LogP contribution in [0.15, 0.2) is 54.7 Å². The molecule has 140 valence electrons. The van der Waals surface area contributed by atoms with E-state index in [1.165, 1.54) is 0 Å². The molecule has 0 amide bonds. The average molecular weight is 386 g/mol. The summed E-state index contributed by atoms with van der Waals surface area (Å²) >= 11 is 6.20. The van der Waals surface area contributed by atoms with E-state index in [-0.39, 0.29) is 16.7 Å². The summed E-state index contributed by atoms with van der Waals surface area (Å²) in [7, 11) is 0. The minimum Gasteiger partial charge on any atom is -0.453 e. The zero-order chi connectivity index (χ0) is 19.2. The van der Waals surface area contributed by atoms with Gasteiger partial charge in [-0.25, -0.2) is 14.4 Å². The predicted molar refractivity (Wildman–Crippen MR) is 105 cm³/mol. The van der Waals surface area contributed by atoms with Crippen molar-refractivity contribution in [1.82, 2.24) is 9.97 Å². The highest BCUT2D eigenvalue weighted by atomic mass is 35.5. The molecule has 6 heteroatoms. The molecule has 3 rings (SSSR count). The van der Waals surface area contributed by atoms with Gasteiger partial charge in [0.25, 0.3) is 0 Å². The first kappa shape index (κ1) is 19.3. The van der Waals surface area contributed by atoms with E-state index in [4.69, 9.17) is 22.1 Å². The van der Waals surface area contributed by atoms with Crippen molar-refractivity contribution in [3.8, 4) is 11.5 Å². The molecule has 1 atom stereocenters. The fourth-order valence-corrected chi connectivity index (χ4v) is 3.10. The SMILES string of the molecule is CC[C@@H](Cc1nccc(CN)n1)c1ccc(Cl)c(Oc2ccccc2)c1F. The van der Waals surface area contributed by atoms with Crippen LogP contribution in [0.4, 0.5) is 4.39 Å². The Morgan fingerprint density at radius 2 is 1.93 bits per heavy atom. The van der Waals surface area contributed by atoms with Crippen LogP contribution in [0.2, 0.25) is 5.02 Å². The minimum atomic E-state index is -0.451. The highest BCUT2D eigenvalue weighted by Crippen LogP contribution is 2.37. The fraction of sp³-hybridized carbons (Fsp3) is 0.238. The molecule has 0 aliphatic heterocycles. The van der Waals surface area contributed by atoms with E-state index in [2.05, 4.69) is 9.97 Å². The highest BCUT2D eigenvalue weighted by molar-refractivity contribution is 6.32. The third-order valence-electron chi connectivity index (χ3n) is 4.38. The lowest BCUT2D eigenvalue weighted by molar-refractivity contribution is 0.433. The zero-order valence-electron chi connectivity index (χ0n) is 15.0. The molecule has 1 aromatic heterocycles. The molecule has 0 radical (unpaired) electrons. The van der Waals surface area contributed by atoms with Crippen LogP contribution < -0.4 is 10.5 Å². The maximum absolute atomic E-state index is 15.2. The monoisotopic (exact) mass is 385 g/mol. The van der Waals surface area contributed by atoms with Crippen LogP contribution in [0.1, 0.15) is 36.3 Å². The molecule has 3 aromatic rings. The van der Waals surface area contributed by atoms with Crippen molar-refractivity contribution < 1.29 is 9.13 Å². The quantitative estimate of drug-likeness (QED) is 0.602. The van der Waals surface area contributed by atoms with Crippen molar-refractivity contribution in [2.75, 3.05) is 0 Å². The van der Waals surface area contributed by atoms with Gasteiger partial charge < -0.3 is 10.5 Å². The summed E-state index contributed by atoms with van der Waals surface area (Å²) in [6.45, 7) is 2.35. The Balaban J connectivity index is 1.90. The van der Waals surface area contributed by atoms with Gasteiger partial charge in [0.2, 0.25) is 0 Å². The van der Waals surface area contributed by atoms with Crippen LogP contribution in [-0.4, -0.2) is 9.97 Å². The van der Waals surface area contributed by atoms with Crippen LogP contribution in [0.25, 0.3) is 0 Å². The van der Waals surface area contributed by atoms with E-state index < -0.39 is 5.82 Å². The number of aromatic nitrogens is 2. The largest absolute Gasteiger partial charge is 0.453 e. The number of nitrogens with zero attached hydrogens (tertiary/aromatic N) is 2. The number of nitrogens with two attached hydrogens (primary N) is 1. The Morgan fingerprint density at radius 1 is 1.15 bits per heavy atom. The molecule has 0 bridgehead atoms. The fourth-order valence-electron chi connectivity index (χ4n) is 2.91. The molecule has 1 heterocycles. The van der Waals surface area contributed by atoms with Gasteiger partial charge in [-0.3, -0.25) is 0 Å². The Bertz CT molecular complexity index is 905. The lowest BCUT2D eigenvalue weighted by Gasteiger charge is -2.18. The molecule has 2 aromatic carbocycles. The summed E-state index contributed by atoms with van der Waals surface area (Å²) in [6.07, 6.45) is 2.91. The summed E-state index contributed by atoms with van der Waals surface area (Å²) in [4.78, 5) is 8.72. The number of ether oxygens (including phenoxy) is 1. The lowest BCUT2D eigenvalue weighted by Crippen LogP contribution is -2.10. The number of para-hydroxylation sites is 1. The van der Waals surface area contributed by atoms with Gasteiger partial charge in [-0.05, 0) is 42.2 Å². The standard InChI is InChI=1S/C21H21ClFN3O/c1-2-14(12-19-25-11-10-15(13-24)26-19)17-8-9-18(22)21(20(17)23)27-16-6-4-3-5-7-16/h3-11,14H,2,12-13,24H2,1H3/t14-/m0/s1. The van der Waals surface area contributed by atoms with Gasteiger partial charge in [0.05, 0.1) is 10.7 Å². The molecule has 4 nitrogen and oxygen atoms in total. The van der Waals surface area contributed by atoms with Gasteiger partial charge in [0.1, 0.15) is 11.6 Å². The van der Waals surface area contributed by atoms with Gasteiger partial charge in [-0.1, -0.05) is 42.8 Å². The van der Waals surface area contributed by atoms with Crippen LogP contribution >= 0.6 is 11.6 Å². The lowest BCUT2D eigenvalue weighted by atomic mass is 9.92. The van der Waals surface area contributed by atoms with Crippen LogP contribution in [0, 0.1) is 5.82 Å². The summed E-state index contributed by atoms with van der Waals surface area (Å²) < 4.78 is 20.9. The van der Waals surface area contributed by atoms with Gasteiger partial charge >= 0.3 is 0 Å². The van der Waals surface area contributed by atoms with Gasteiger partial charge in [0.15, 0.2) is 11.6 Å². The maximum Gasteiger partial charge on any atom is 0.181 e. The van der Waals surface area contributed by atoms with Crippen molar-refractivity contribution >= 4 is 11.6 Å².